The number of rotatable bonds is 3. The van der Waals surface area contributed by atoms with Crippen molar-refractivity contribution in [3.63, 3.8) is 0 Å². The number of hydrogen-bond acceptors (Lipinski definition) is 2. The largest absolute Gasteiger partial charge is 0.350 e. The minimum atomic E-state index is 0.119. The van der Waals surface area contributed by atoms with Crippen molar-refractivity contribution in [2.45, 2.75) is 25.3 Å². The van der Waals surface area contributed by atoms with Crippen LogP contribution in [0.15, 0.2) is 54.9 Å². The average molecular weight is 319 g/mol. The number of aromatic nitrogens is 2. The highest BCUT2D eigenvalue weighted by molar-refractivity contribution is 5.89. The van der Waals surface area contributed by atoms with Crippen LogP contribution < -0.4 is 0 Å². The topological polar surface area (TPSA) is 38.1 Å². The van der Waals surface area contributed by atoms with Crippen LogP contribution in [0.4, 0.5) is 0 Å². The summed E-state index contributed by atoms with van der Waals surface area (Å²) in [6.45, 7) is 0.824. The predicted octanol–water partition coefficient (Wildman–Crippen LogP) is 3.48. The van der Waals surface area contributed by atoms with E-state index in [1.54, 1.807) is 6.20 Å². The third-order valence-electron chi connectivity index (χ3n) is 4.92. The molecule has 2 aromatic heterocycles. The van der Waals surface area contributed by atoms with Gasteiger partial charge in [-0.05, 0) is 36.6 Å². The van der Waals surface area contributed by atoms with Gasteiger partial charge in [-0.3, -0.25) is 9.78 Å². The van der Waals surface area contributed by atoms with Crippen LogP contribution in [-0.2, 0) is 18.3 Å². The Bertz CT molecular complexity index is 869. The molecule has 1 unspecified atom stereocenters. The Kier molecular flexibility index (Phi) is 3.81. The van der Waals surface area contributed by atoms with Crippen molar-refractivity contribution in [3.8, 4) is 0 Å². The highest BCUT2D eigenvalue weighted by Crippen LogP contribution is 2.31. The normalized spacial score (nSPS) is 17.5. The molecule has 1 fully saturated rings. The molecule has 4 rings (SSSR count). The second-order valence-electron chi connectivity index (χ2n) is 6.46. The molecule has 0 bridgehead atoms. The first-order valence-corrected chi connectivity index (χ1v) is 8.47. The molecule has 3 aromatic rings. The van der Waals surface area contributed by atoms with Crippen molar-refractivity contribution < 1.29 is 4.79 Å². The third kappa shape index (κ3) is 2.58. The van der Waals surface area contributed by atoms with Gasteiger partial charge in [-0.25, -0.2) is 0 Å². The molecular formula is C20H21N3O. The maximum Gasteiger partial charge on any atom is 0.227 e. The van der Waals surface area contributed by atoms with Crippen LogP contribution in [0.3, 0.4) is 0 Å². The zero-order chi connectivity index (χ0) is 16.5. The van der Waals surface area contributed by atoms with Crippen LogP contribution in [-0.4, -0.2) is 26.9 Å². The monoisotopic (exact) mass is 319 g/mol. The summed E-state index contributed by atoms with van der Waals surface area (Å²) in [6, 6.07) is 14.3. The number of hydrogen-bond donors (Lipinski definition) is 0. The Morgan fingerprint density at radius 3 is 2.88 bits per heavy atom. The van der Waals surface area contributed by atoms with Crippen molar-refractivity contribution in [2.24, 2.45) is 7.05 Å². The number of aryl methyl sites for hydroxylation is 1. The van der Waals surface area contributed by atoms with Crippen molar-refractivity contribution in [3.05, 3.63) is 66.1 Å². The van der Waals surface area contributed by atoms with Crippen LogP contribution in [0.1, 0.15) is 30.1 Å². The van der Waals surface area contributed by atoms with Gasteiger partial charge >= 0.3 is 0 Å². The quantitative estimate of drug-likeness (QED) is 0.741. The molecule has 0 spiro atoms. The van der Waals surface area contributed by atoms with Gasteiger partial charge in [-0.1, -0.05) is 24.3 Å². The van der Waals surface area contributed by atoms with Gasteiger partial charge in [-0.15, -0.1) is 0 Å². The highest BCUT2D eigenvalue weighted by atomic mass is 16.2. The first-order chi connectivity index (χ1) is 11.7. The Hall–Kier alpha value is -2.62. The van der Waals surface area contributed by atoms with Crippen molar-refractivity contribution in [2.75, 3.05) is 6.54 Å². The fraction of sp³-hybridized carbons (Fsp3) is 0.300. The number of likely N-dealkylation sites (tertiary alicyclic amines) is 1. The summed E-state index contributed by atoms with van der Waals surface area (Å²) in [4.78, 5) is 19.4. The number of fused-ring (bicyclic) bond motifs is 1. The molecule has 1 atom stereocenters. The maximum atomic E-state index is 12.9. The van der Waals surface area contributed by atoms with Gasteiger partial charge in [0.15, 0.2) is 0 Å². The second-order valence-corrected chi connectivity index (χ2v) is 6.46. The first-order valence-electron chi connectivity index (χ1n) is 8.47. The van der Waals surface area contributed by atoms with Crippen LogP contribution in [0.5, 0.6) is 0 Å². The maximum absolute atomic E-state index is 12.9. The fourth-order valence-electron chi connectivity index (χ4n) is 3.78. The fourth-order valence-corrected chi connectivity index (χ4v) is 3.78. The lowest BCUT2D eigenvalue weighted by atomic mass is 10.1. The van der Waals surface area contributed by atoms with Gasteiger partial charge < -0.3 is 9.47 Å². The average Bonchev–Trinajstić information content (AvgIpc) is 3.22. The molecule has 24 heavy (non-hydrogen) atoms. The van der Waals surface area contributed by atoms with E-state index in [9.17, 15) is 4.79 Å². The molecule has 1 saturated heterocycles. The Labute approximate surface area is 141 Å². The molecule has 0 radical (unpaired) electrons. The second kappa shape index (κ2) is 6.11. The molecule has 1 aliphatic rings. The number of carbonyl (C=O) groups excluding carboxylic acids is 1. The van der Waals surface area contributed by atoms with E-state index in [4.69, 9.17) is 0 Å². The molecule has 1 amide bonds. The summed E-state index contributed by atoms with van der Waals surface area (Å²) in [7, 11) is 2.03. The van der Waals surface area contributed by atoms with Gasteiger partial charge in [0.1, 0.15) is 0 Å². The SMILES string of the molecule is Cn1cc(CC(=O)N2CCCC2c2ccccn2)c2ccccc21. The van der Waals surface area contributed by atoms with Gasteiger partial charge in [-0.2, -0.15) is 0 Å². The molecule has 3 heterocycles. The van der Waals surface area contributed by atoms with Crippen LogP contribution in [0.2, 0.25) is 0 Å². The lowest BCUT2D eigenvalue weighted by molar-refractivity contribution is -0.131. The number of amides is 1. The molecule has 0 N–H and O–H groups in total. The smallest absolute Gasteiger partial charge is 0.227 e. The van der Waals surface area contributed by atoms with Crippen molar-refractivity contribution >= 4 is 16.8 Å². The van der Waals surface area contributed by atoms with Gasteiger partial charge in [0.25, 0.3) is 0 Å². The lowest BCUT2D eigenvalue weighted by Crippen LogP contribution is -2.32. The summed E-state index contributed by atoms with van der Waals surface area (Å²) >= 11 is 0. The summed E-state index contributed by atoms with van der Waals surface area (Å²) in [5.41, 5.74) is 3.27. The molecule has 4 heteroatoms. The number of carbonyl (C=O) groups is 1. The number of nitrogens with zero attached hydrogens (tertiary/aromatic N) is 3. The minimum Gasteiger partial charge on any atom is -0.350 e. The van der Waals surface area contributed by atoms with E-state index in [0.29, 0.717) is 6.42 Å². The first kappa shape index (κ1) is 14.9. The predicted molar refractivity (Wildman–Crippen MR) is 94.5 cm³/mol. The zero-order valence-corrected chi connectivity index (χ0v) is 13.9. The van der Waals surface area contributed by atoms with E-state index >= 15 is 0 Å². The zero-order valence-electron chi connectivity index (χ0n) is 13.9. The van der Waals surface area contributed by atoms with E-state index < -0.39 is 0 Å². The molecule has 1 aromatic carbocycles. The van der Waals surface area contributed by atoms with Gasteiger partial charge in [0, 0.05) is 36.9 Å². The Morgan fingerprint density at radius 2 is 2.04 bits per heavy atom. The van der Waals surface area contributed by atoms with Crippen LogP contribution in [0, 0.1) is 0 Å². The summed E-state index contributed by atoms with van der Waals surface area (Å²) in [5, 5.41) is 1.17. The van der Waals surface area contributed by atoms with Crippen molar-refractivity contribution in [1.29, 1.82) is 0 Å². The summed E-state index contributed by atoms with van der Waals surface area (Å²) in [5.74, 6) is 0.194. The summed E-state index contributed by atoms with van der Waals surface area (Å²) < 4.78 is 2.10. The van der Waals surface area contributed by atoms with E-state index in [1.165, 1.54) is 10.9 Å². The van der Waals surface area contributed by atoms with Crippen LogP contribution >= 0.6 is 0 Å². The third-order valence-corrected chi connectivity index (χ3v) is 4.92. The molecule has 0 aliphatic carbocycles. The van der Waals surface area contributed by atoms with E-state index in [1.807, 2.05) is 42.3 Å². The molecular weight excluding hydrogens is 298 g/mol. The van der Waals surface area contributed by atoms with Crippen molar-refractivity contribution in [1.82, 2.24) is 14.5 Å². The van der Waals surface area contributed by atoms with E-state index in [0.717, 1.165) is 30.6 Å². The van der Waals surface area contributed by atoms with Gasteiger partial charge in [0.2, 0.25) is 5.91 Å². The van der Waals surface area contributed by atoms with E-state index in [2.05, 4.69) is 27.9 Å². The number of benzene rings is 1. The molecule has 4 nitrogen and oxygen atoms in total. The Balaban J connectivity index is 1.59. The minimum absolute atomic E-state index is 0.119. The van der Waals surface area contributed by atoms with Gasteiger partial charge in [0.05, 0.1) is 18.2 Å². The van der Waals surface area contributed by atoms with E-state index in [-0.39, 0.29) is 11.9 Å². The molecule has 0 saturated carbocycles. The Morgan fingerprint density at radius 1 is 1.21 bits per heavy atom. The molecule has 1 aliphatic heterocycles. The highest BCUT2D eigenvalue weighted by Gasteiger charge is 2.30. The molecule has 122 valence electrons. The number of pyridine rings is 1. The van der Waals surface area contributed by atoms with Crippen LogP contribution in [0.25, 0.3) is 10.9 Å². The lowest BCUT2D eigenvalue weighted by Gasteiger charge is -2.24. The standard InChI is InChI=1S/C20H21N3O/c1-22-14-15(16-7-2-3-9-18(16)22)13-20(24)23-12-6-10-19(23)17-8-4-5-11-21-17/h2-5,7-9,11,14,19H,6,10,12-13H2,1H3. The number of para-hydroxylation sites is 1. The summed E-state index contributed by atoms with van der Waals surface area (Å²) in [6.07, 6.45) is 6.38.